The minimum absolute atomic E-state index is 0.521. The fourth-order valence-electron chi connectivity index (χ4n) is 0.741. The Labute approximate surface area is 63.3 Å². The molecule has 1 N–H and O–H groups in total. The van der Waals surface area contributed by atoms with Crippen LogP contribution in [0.4, 0.5) is 0 Å². The Morgan fingerprint density at radius 3 is 2.90 bits per heavy atom. The Kier molecular flexibility index (Phi) is 6.55. The molecular formula is C8H17NO. The highest BCUT2D eigenvalue weighted by molar-refractivity contribution is 4.74. The summed E-state index contributed by atoms with van der Waals surface area (Å²) >= 11 is 0. The van der Waals surface area contributed by atoms with E-state index in [0.29, 0.717) is 6.04 Å². The molecule has 0 radical (unpaired) electrons. The molecule has 0 amide bonds. The van der Waals surface area contributed by atoms with Gasteiger partial charge in [0.25, 0.3) is 0 Å². The van der Waals surface area contributed by atoms with Crippen LogP contribution in [0.1, 0.15) is 13.3 Å². The van der Waals surface area contributed by atoms with Crippen molar-refractivity contribution >= 4 is 0 Å². The van der Waals surface area contributed by atoms with Crippen molar-refractivity contribution in [3.05, 3.63) is 12.7 Å². The maximum atomic E-state index is 4.88. The van der Waals surface area contributed by atoms with Crippen LogP contribution in [0.2, 0.25) is 0 Å². The van der Waals surface area contributed by atoms with Gasteiger partial charge in [0, 0.05) is 19.7 Å². The molecule has 0 aromatic carbocycles. The lowest BCUT2D eigenvalue weighted by atomic mass is 10.2. The van der Waals surface area contributed by atoms with Crippen molar-refractivity contribution in [2.24, 2.45) is 0 Å². The van der Waals surface area contributed by atoms with Gasteiger partial charge in [0.15, 0.2) is 0 Å². The summed E-state index contributed by atoms with van der Waals surface area (Å²) in [5.41, 5.74) is 0. The van der Waals surface area contributed by atoms with Gasteiger partial charge >= 0.3 is 0 Å². The van der Waals surface area contributed by atoms with Crippen molar-refractivity contribution in [3.63, 3.8) is 0 Å². The monoisotopic (exact) mass is 143 g/mol. The summed E-state index contributed by atoms with van der Waals surface area (Å²) in [6.07, 6.45) is 2.94. The van der Waals surface area contributed by atoms with Gasteiger partial charge in [0.2, 0.25) is 0 Å². The molecule has 0 saturated carbocycles. The number of methoxy groups -OCH3 is 1. The van der Waals surface area contributed by atoms with Crippen molar-refractivity contribution < 1.29 is 4.74 Å². The predicted octanol–water partition coefficient (Wildman–Crippen LogP) is 1.19. The first-order valence-electron chi connectivity index (χ1n) is 3.64. The maximum Gasteiger partial charge on any atom is 0.0587 e. The highest BCUT2D eigenvalue weighted by atomic mass is 16.5. The normalized spacial score (nSPS) is 13.0. The molecule has 0 saturated heterocycles. The highest BCUT2D eigenvalue weighted by Gasteiger charge is 1.95. The Hall–Kier alpha value is -0.340. The van der Waals surface area contributed by atoms with E-state index in [1.807, 2.05) is 6.08 Å². The quantitative estimate of drug-likeness (QED) is 0.445. The summed E-state index contributed by atoms with van der Waals surface area (Å²) in [7, 11) is 1.71. The summed E-state index contributed by atoms with van der Waals surface area (Å²) in [4.78, 5) is 0. The topological polar surface area (TPSA) is 21.3 Å². The zero-order valence-electron chi connectivity index (χ0n) is 6.89. The molecule has 60 valence electrons. The fourth-order valence-corrected chi connectivity index (χ4v) is 0.741. The standard InChI is InChI=1S/C8H17NO/c1-4-5-8(2)9-6-7-10-3/h4,8-9H,1,5-7H2,2-3H3. The lowest BCUT2D eigenvalue weighted by molar-refractivity contribution is 0.196. The van der Waals surface area contributed by atoms with Gasteiger partial charge in [-0.2, -0.15) is 0 Å². The van der Waals surface area contributed by atoms with E-state index < -0.39 is 0 Å². The van der Waals surface area contributed by atoms with Crippen LogP contribution in [-0.4, -0.2) is 26.3 Å². The number of rotatable bonds is 6. The number of hydrogen-bond acceptors (Lipinski definition) is 2. The molecule has 1 unspecified atom stereocenters. The molecule has 0 aromatic rings. The van der Waals surface area contributed by atoms with Gasteiger partial charge in [0.05, 0.1) is 6.61 Å². The molecule has 10 heavy (non-hydrogen) atoms. The van der Waals surface area contributed by atoms with Gasteiger partial charge in [-0.1, -0.05) is 6.08 Å². The summed E-state index contributed by atoms with van der Waals surface area (Å²) in [6, 6.07) is 0.521. The molecule has 0 heterocycles. The average molecular weight is 143 g/mol. The molecule has 0 aromatic heterocycles. The van der Waals surface area contributed by atoms with E-state index >= 15 is 0 Å². The Morgan fingerprint density at radius 2 is 2.40 bits per heavy atom. The SMILES string of the molecule is C=CCC(C)NCCOC. The van der Waals surface area contributed by atoms with Crippen molar-refractivity contribution in [2.75, 3.05) is 20.3 Å². The minimum Gasteiger partial charge on any atom is -0.383 e. The van der Waals surface area contributed by atoms with Crippen molar-refractivity contribution in [1.29, 1.82) is 0 Å². The molecule has 2 heteroatoms. The van der Waals surface area contributed by atoms with Gasteiger partial charge in [0.1, 0.15) is 0 Å². The smallest absolute Gasteiger partial charge is 0.0587 e. The molecule has 1 atom stereocenters. The number of nitrogens with one attached hydrogen (secondary N) is 1. The van der Waals surface area contributed by atoms with Crippen LogP contribution in [0.3, 0.4) is 0 Å². The molecule has 2 nitrogen and oxygen atoms in total. The first kappa shape index (κ1) is 9.66. The molecule has 0 aliphatic heterocycles. The second-order valence-electron chi connectivity index (χ2n) is 2.37. The van der Waals surface area contributed by atoms with E-state index in [0.717, 1.165) is 19.6 Å². The summed E-state index contributed by atoms with van der Waals surface area (Å²) in [6.45, 7) is 7.50. The Morgan fingerprint density at radius 1 is 1.70 bits per heavy atom. The molecule has 0 aliphatic rings. The summed E-state index contributed by atoms with van der Waals surface area (Å²) in [5.74, 6) is 0. The maximum absolute atomic E-state index is 4.88. The van der Waals surface area contributed by atoms with Gasteiger partial charge < -0.3 is 10.1 Å². The summed E-state index contributed by atoms with van der Waals surface area (Å²) < 4.78 is 4.88. The second kappa shape index (κ2) is 6.78. The fraction of sp³-hybridized carbons (Fsp3) is 0.750. The molecule has 0 spiro atoms. The zero-order chi connectivity index (χ0) is 7.82. The molecule has 0 rings (SSSR count). The highest BCUT2D eigenvalue weighted by Crippen LogP contribution is 1.88. The minimum atomic E-state index is 0.521. The third kappa shape index (κ3) is 5.79. The van der Waals surface area contributed by atoms with Crippen LogP contribution in [0.15, 0.2) is 12.7 Å². The average Bonchev–Trinajstić information content (AvgIpc) is 1.89. The van der Waals surface area contributed by atoms with Gasteiger partial charge in [-0.05, 0) is 13.3 Å². The van der Waals surface area contributed by atoms with Crippen LogP contribution in [0.25, 0.3) is 0 Å². The van der Waals surface area contributed by atoms with Crippen LogP contribution >= 0.6 is 0 Å². The van der Waals surface area contributed by atoms with Gasteiger partial charge in [-0.15, -0.1) is 6.58 Å². The first-order chi connectivity index (χ1) is 4.81. The van der Waals surface area contributed by atoms with Crippen molar-refractivity contribution in [3.8, 4) is 0 Å². The van der Waals surface area contributed by atoms with E-state index in [2.05, 4.69) is 18.8 Å². The lowest BCUT2D eigenvalue weighted by Gasteiger charge is -2.09. The zero-order valence-corrected chi connectivity index (χ0v) is 6.89. The van der Waals surface area contributed by atoms with E-state index in [4.69, 9.17) is 4.74 Å². The van der Waals surface area contributed by atoms with E-state index in [1.54, 1.807) is 7.11 Å². The van der Waals surface area contributed by atoms with Crippen LogP contribution < -0.4 is 5.32 Å². The third-order valence-electron chi connectivity index (χ3n) is 1.32. The largest absolute Gasteiger partial charge is 0.383 e. The number of hydrogen-bond donors (Lipinski definition) is 1. The van der Waals surface area contributed by atoms with Crippen LogP contribution in [0, 0.1) is 0 Å². The third-order valence-corrected chi connectivity index (χ3v) is 1.32. The molecular weight excluding hydrogens is 126 g/mol. The van der Waals surface area contributed by atoms with E-state index in [-0.39, 0.29) is 0 Å². The predicted molar refractivity (Wildman–Crippen MR) is 44.2 cm³/mol. The summed E-state index contributed by atoms with van der Waals surface area (Å²) in [5, 5.41) is 3.29. The second-order valence-corrected chi connectivity index (χ2v) is 2.37. The van der Waals surface area contributed by atoms with Crippen molar-refractivity contribution in [2.45, 2.75) is 19.4 Å². The Bertz CT molecular complexity index is 83.3. The van der Waals surface area contributed by atoms with Crippen molar-refractivity contribution in [1.82, 2.24) is 5.32 Å². The van der Waals surface area contributed by atoms with E-state index in [1.165, 1.54) is 0 Å². The molecule has 0 bridgehead atoms. The van der Waals surface area contributed by atoms with E-state index in [9.17, 15) is 0 Å². The molecule has 0 aliphatic carbocycles. The first-order valence-corrected chi connectivity index (χ1v) is 3.64. The van der Waals surface area contributed by atoms with Gasteiger partial charge in [-0.25, -0.2) is 0 Å². The number of ether oxygens (including phenoxy) is 1. The van der Waals surface area contributed by atoms with Gasteiger partial charge in [-0.3, -0.25) is 0 Å². The molecule has 0 fully saturated rings. The lowest BCUT2D eigenvalue weighted by Crippen LogP contribution is -2.28. The van der Waals surface area contributed by atoms with Crippen LogP contribution in [0.5, 0.6) is 0 Å². The van der Waals surface area contributed by atoms with Crippen LogP contribution in [-0.2, 0) is 4.74 Å². The Balaban J connectivity index is 3.04.